The molecule has 1 fully saturated rings. The summed E-state index contributed by atoms with van der Waals surface area (Å²) in [5.41, 5.74) is -1.18. The van der Waals surface area contributed by atoms with Crippen LogP contribution in [-0.2, 0) is 11.7 Å². The van der Waals surface area contributed by atoms with Gasteiger partial charge in [0, 0.05) is 23.1 Å². The Labute approximate surface area is 209 Å². The minimum Gasteiger partial charge on any atom is -0.457 e. The summed E-state index contributed by atoms with van der Waals surface area (Å²) in [6, 6.07) is 17.9. The zero-order valence-electron chi connectivity index (χ0n) is 18.5. The lowest BCUT2D eigenvalue weighted by molar-refractivity contribution is -0.137. The third-order valence-electron chi connectivity index (χ3n) is 5.88. The van der Waals surface area contributed by atoms with E-state index in [1.807, 2.05) is 0 Å². The number of ether oxygens (including phenoxy) is 1. The van der Waals surface area contributed by atoms with Gasteiger partial charge >= 0.3 is 12.2 Å². The number of halogens is 4. The number of nitrogens with zero attached hydrogens (tertiary/aromatic N) is 3. The number of hydrogen-bond donors (Lipinski definition) is 1. The Bertz CT molecular complexity index is 1380. The molecule has 0 bridgehead atoms. The van der Waals surface area contributed by atoms with Crippen molar-refractivity contribution in [3.63, 3.8) is 0 Å². The monoisotopic (exact) mass is 510 g/mol. The van der Waals surface area contributed by atoms with Gasteiger partial charge in [-0.05, 0) is 66.2 Å². The average Bonchev–Trinajstić information content (AvgIpc) is 3.24. The molecule has 2 heterocycles. The molecule has 1 unspecified atom stereocenters. The van der Waals surface area contributed by atoms with Crippen LogP contribution >= 0.6 is 11.6 Å². The van der Waals surface area contributed by atoms with Crippen molar-refractivity contribution in [2.24, 2.45) is 0 Å². The van der Waals surface area contributed by atoms with Gasteiger partial charge in [-0.3, -0.25) is 14.9 Å². The van der Waals surface area contributed by atoms with Gasteiger partial charge in [0.05, 0.1) is 24.0 Å². The number of nitrogens with one attached hydrogen (secondary N) is 1. The molecule has 0 spiro atoms. The molecule has 0 radical (unpaired) electrons. The second-order valence-electron chi connectivity index (χ2n) is 8.07. The van der Waals surface area contributed by atoms with E-state index in [-0.39, 0.29) is 12.1 Å². The molecule has 0 saturated carbocycles. The summed E-state index contributed by atoms with van der Waals surface area (Å²) in [5.74, 6) is 1.08. The summed E-state index contributed by atoms with van der Waals surface area (Å²) in [6.07, 6.45) is -0.206. The molecule has 1 aromatic heterocycles. The quantitative estimate of drug-likeness (QED) is 0.337. The molecule has 1 aliphatic rings. The second-order valence-corrected chi connectivity index (χ2v) is 8.51. The molecule has 0 aliphatic carbocycles. The van der Waals surface area contributed by atoms with Gasteiger partial charge < -0.3 is 10.1 Å². The van der Waals surface area contributed by atoms with Crippen molar-refractivity contribution in [2.75, 3.05) is 11.4 Å². The van der Waals surface area contributed by atoms with Crippen molar-refractivity contribution in [2.45, 2.75) is 11.7 Å². The highest BCUT2D eigenvalue weighted by atomic mass is 35.5. The smallest absolute Gasteiger partial charge is 0.416 e. The van der Waals surface area contributed by atoms with Crippen LogP contribution in [0.1, 0.15) is 16.8 Å². The number of aromatic nitrogens is 2. The van der Waals surface area contributed by atoms with Crippen LogP contribution in [0.2, 0.25) is 5.02 Å². The molecule has 10 heteroatoms. The number of carbonyl (C=O) groups is 1. The Hall–Kier alpha value is -4.11. The maximum Gasteiger partial charge on any atom is 0.416 e. The van der Waals surface area contributed by atoms with Crippen LogP contribution < -0.4 is 15.0 Å². The molecular formula is C26H18ClF3N4O2. The van der Waals surface area contributed by atoms with Crippen molar-refractivity contribution < 1.29 is 22.7 Å². The number of benzene rings is 3. The summed E-state index contributed by atoms with van der Waals surface area (Å²) in [7, 11) is 0. The maximum atomic E-state index is 13.6. The molecule has 5 rings (SSSR count). The summed E-state index contributed by atoms with van der Waals surface area (Å²) in [5, 5.41) is 3.34. The van der Waals surface area contributed by atoms with Crippen molar-refractivity contribution in [3.05, 3.63) is 113 Å². The molecule has 1 aliphatic heterocycles. The van der Waals surface area contributed by atoms with Crippen LogP contribution in [0, 0.1) is 0 Å². The van der Waals surface area contributed by atoms with Gasteiger partial charge in [-0.15, -0.1) is 0 Å². The number of amides is 2. The number of hydrogen-bond acceptors (Lipinski definition) is 4. The van der Waals surface area contributed by atoms with Gasteiger partial charge in [-0.25, -0.2) is 4.79 Å². The van der Waals surface area contributed by atoms with Gasteiger partial charge in [-0.2, -0.15) is 13.2 Å². The van der Waals surface area contributed by atoms with Gasteiger partial charge in [0.15, 0.2) is 0 Å². The number of anilines is 1. The van der Waals surface area contributed by atoms with E-state index in [2.05, 4.69) is 15.3 Å². The summed E-state index contributed by atoms with van der Waals surface area (Å²) in [6.45, 7) is -0.00510. The molecular weight excluding hydrogens is 493 g/mol. The van der Waals surface area contributed by atoms with E-state index < -0.39 is 23.3 Å². The van der Waals surface area contributed by atoms with Crippen LogP contribution in [0.3, 0.4) is 0 Å². The van der Waals surface area contributed by atoms with E-state index in [1.54, 1.807) is 54.6 Å². The first-order valence-electron chi connectivity index (χ1n) is 10.8. The Morgan fingerprint density at radius 2 is 1.67 bits per heavy atom. The van der Waals surface area contributed by atoms with Gasteiger partial charge in [0.2, 0.25) is 0 Å². The zero-order chi connectivity index (χ0) is 25.3. The fourth-order valence-electron chi connectivity index (χ4n) is 4.22. The van der Waals surface area contributed by atoms with Crippen LogP contribution in [0.15, 0.2) is 91.4 Å². The fourth-order valence-corrected chi connectivity index (χ4v) is 4.35. The minimum absolute atomic E-state index is 0.00510. The van der Waals surface area contributed by atoms with E-state index >= 15 is 0 Å². The molecule has 2 amide bonds. The molecule has 6 nitrogen and oxygen atoms in total. The van der Waals surface area contributed by atoms with Crippen LogP contribution in [-0.4, -0.2) is 22.5 Å². The van der Waals surface area contributed by atoms with Gasteiger partial charge in [0.25, 0.3) is 0 Å². The fraction of sp³-hybridized carbons (Fsp3) is 0.115. The Kier molecular flexibility index (Phi) is 6.01. The molecule has 1 atom stereocenters. The third kappa shape index (κ3) is 4.33. The molecule has 1 N–H and O–H groups in total. The zero-order valence-corrected chi connectivity index (χ0v) is 19.3. The minimum atomic E-state index is -4.55. The first kappa shape index (κ1) is 23.6. The van der Waals surface area contributed by atoms with Crippen LogP contribution in [0.4, 0.5) is 23.7 Å². The number of alkyl halides is 3. The molecule has 182 valence electrons. The van der Waals surface area contributed by atoms with Crippen LogP contribution in [0.25, 0.3) is 0 Å². The van der Waals surface area contributed by atoms with Crippen molar-refractivity contribution in [1.29, 1.82) is 0 Å². The highest BCUT2D eigenvalue weighted by Gasteiger charge is 2.51. The Morgan fingerprint density at radius 3 is 2.31 bits per heavy atom. The topological polar surface area (TPSA) is 67.4 Å². The van der Waals surface area contributed by atoms with Crippen molar-refractivity contribution >= 4 is 23.3 Å². The standard InChI is InChI=1S/C26H18ClF3N4O2/c27-19-4-8-21(9-5-19)36-22-10-6-20(7-11-22)34-24(35)33-16-25(34,23-15-31-12-13-32-23)17-2-1-3-18(14-17)26(28,29)30/h1-15H,16H2,(H,33,35). The number of carbonyl (C=O) groups excluding carboxylic acids is 1. The highest BCUT2D eigenvalue weighted by molar-refractivity contribution is 6.30. The lowest BCUT2D eigenvalue weighted by Gasteiger charge is -2.37. The molecule has 36 heavy (non-hydrogen) atoms. The van der Waals surface area contributed by atoms with E-state index in [0.717, 1.165) is 12.1 Å². The summed E-state index contributed by atoms with van der Waals surface area (Å²) >= 11 is 5.91. The first-order chi connectivity index (χ1) is 17.3. The van der Waals surface area contributed by atoms with E-state index in [4.69, 9.17) is 16.3 Å². The van der Waals surface area contributed by atoms with E-state index in [0.29, 0.717) is 27.9 Å². The van der Waals surface area contributed by atoms with Crippen LogP contribution in [0.5, 0.6) is 11.5 Å². The maximum absolute atomic E-state index is 13.6. The molecule has 4 aromatic rings. The third-order valence-corrected chi connectivity index (χ3v) is 6.13. The lowest BCUT2D eigenvalue weighted by Crippen LogP contribution is -2.46. The Balaban J connectivity index is 1.58. The molecule has 3 aromatic carbocycles. The highest BCUT2D eigenvalue weighted by Crippen LogP contribution is 2.43. The second kappa shape index (κ2) is 9.16. The number of rotatable bonds is 5. The molecule has 1 saturated heterocycles. The van der Waals surface area contributed by atoms with Crippen molar-refractivity contribution in [3.8, 4) is 11.5 Å². The van der Waals surface area contributed by atoms with Gasteiger partial charge in [-0.1, -0.05) is 23.7 Å². The van der Waals surface area contributed by atoms with E-state index in [1.165, 1.54) is 29.6 Å². The average molecular weight is 511 g/mol. The van der Waals surface area contributed by atoms with E-state index in [9.17, 15) is 18.0 Å². The lowest BCUT2D eigenvalue weighted by atomic mass is 9.84. The summed E-state index contributed by atoms with van der Waals surface area (Å²) in [4.78, 5) is 23.0. The predicted octanol–water partition coefficient (Wildman–Crippen LogP) is 6.41. The first-order valence-corrected chi connectivity index (χ1v) is 11.2. The summed E-state index contributed by atoms with van der Waals surface area (Å²) < 4.78 is 46.6. The van der Waals surface area contributed by atoms with Gasteiger partial charge in [0.1, 0.15) is 17.0 Å². The largest absolute Gasteiger partial charge is 0.457 e. The van der Waals surface area contributed by atoms with Crippen molar-refractivity contribution in [1.82, 2.24) is 15.3 Å². The SMILES string of the molecule is O=C1NCC(c2cccc(C(F)(F)F)c2)(c2cnccn2)N1c1ccc(Oc2ccc(Cl)cc2)cc1. The predicted molar refractivity (Wildman–Crippen MR) is 128 cm³/mol. The normalized spacial score (nSPS) is 17.7. The number of urea groups is 1. The Morgan fingerprint density at radius 1 is 0.972 bits per heavy atom.